The Hall–Kier alpha value is -2.83. The molecule has 1 fully saturated rings. The van der Waals surface area contributed by atoms with E-state index in [9.17, 15) is 18.4 Å². The number of nitrogens with one attached hydrogen (secondary N) is 1. The lowest BCUT2D eigenvalue weighted by atomic mass is 10.1. The molecule has 0 spiro atoms. The monoisotopic (exact) mass is 317 g/mol. The smallest absolute Gasteiger partial charge is 0.267 e. The largest absolute Gasteiger partial charge is 0.364 e. The Kier molecular flexibility index (Phi) is 3.77. The summed E-state index contributed by atoms with van der Waals surface area (Å²) in [5, 5.41) is 2.67. The summed E-state index contributed by atoms with van der Waals surface area (Å²) in [6.07, 6.45) is 1.91. The molecule has 2 amide bonds. The lowest BCUT2D eigenvalue weighted by Crippen LogP contribution is -2.16. The van der Waals surface area contributed by atoms with Crippen molar-refractivity contribution in [2.75, 3.05) is 5.32 Å². The molecule has 3 N–H and O–H groups in total. The molecule has 1 aromatic heterocycles. The summed E-state index contributed by atoms with van der Waals surface area (Å²) in [5.41, 5.74) is 6.23. The number of nitrogens with two attached hydrogens (primary N) is 1. The first-order chi connectivity index (χ1) is 11.0. The zero-order valence-electron chi connectivity index (χ0n) is 11.9. The van der Waals surface area contributed by atoms with Crippen molar-refractivity contribution in [3.63, 3.8) is 0 Å². The van der Waals surface area contributed by atoms with Gasteiger partial charge in [0.15, 0.2) is 11.6 Å². The molecule has 0 radical (unpaired) electrons. The van der Waals surface area contributed by atoms with Gasteiger partial charge in [-0.2, -0.15) is 0 Å². The van der Waals surface area contributed by atoms with Crippen LogP contribution in [0.25, 0.3) is 0 Å². The van der Waals surface area contributed by atoms with Crippen LogP contribution in [0.4, 0.5) is 14.5 Å². The molecule has 5 nitrogen and oxygen atoms in total. The number of anilines is 1. The predicted octanol–water partition coefficient (Wildman–Crippen LogP) is 2.20. The molecule has 1 aliphatic rings. The summed E-state index contributed by atoms with van der Waals surface area (Å²) in [6.45, 7) is 0. The molecule has 0 bridgehead atoms. The minimum absolute atomic E-state index is 0.106. The van der Waals surface area contributed by atoms with E-state index < -0.39 is 17.5 Å². The Bertz CT molecular complexity index is 777. The highest BCUT2D eigenvalue weighted by Crippen LogP contribution is 2.48. The fourth-order valence-electron chi connectivity index (χ4n) is 2.44. The summed E-state index contributed by atoms with van der Waals surface area (Å²) < 4.78 is 26.1. The number of nitrogens with zero attached hydrogens (tertiary/aromatic N) is 1. The van der Waals surface area contributed by atoms with Crippen molar-refractivity contribution in [1.29, 1.82) is 0 Å². The standard InChI is InChI=1S/C16H13F2N3O2/c17-12-3-1-8(5-13(12)18)10-6-11(10)16(23)21-9-2-4-14(15(19)22)20-7-9/h1-5,7,10-11H,6H2,(H2,19,22)(H,21,23)/t10-,11-/m1/s1. The van der Waals surface area contributed by atoms with Gasteiger partial charge in [0.25, 0.3) is 5.91 Å². The Morgan fingerprint density at radius 2 is 1.96 bits per heavy atom. The van der Waals surface area contributed by atoms with Crippen molar-refractivity contribution < 1.29 is 18.4 Å². The molecule has 23 heavy (non-hydrogen) atoms. The summed E-state index contributed by atoms with van der Waals surface area (Å²) in [5.74, 6) is -3.12. The van der Waals surface area contributed by atoms with Gasteiger partial charge in [-0.05, 0) is 42.2 Å². The van der Waals surface area contributed by atoms with Gasteiger partial charge in [-0.3, -0.25) is 9.59 Å². The molecule has 0 unspecified atom stereocenters. The van der Waals surface area contributed by atoms with Crippen LogP contribution in [-0.2, 0) is 4.79 Å². The van der Waals surface area contributed by atoms with Crippen LogP contribution in [0.5, 0.6) is 0 Å². The van der Waals surface area contributed by atoms with Crippen LogP contribution in [0.15, 0.2) is 36.5 Å². The lowest BCUT2D eigenvalue weighted by molar-refractivity contribution is -0.117. The molecule has 7 heteroatoms. The Morgan fingerprint density at radius 1 is 1.17 bits per heavy atom. The highest BCUT2D eigenvalue weighted by atomic mass is 19.2. The minimum Gasteiger partial charge on any atom is -0.364 e. The van der Waals surface area contributed by atoms with Gasteiger partial charge in [0.05, 0.1) is 11.9 Å². The molecule has 118 valence electrons. The van der Waals surface area contributed by atoms with Gasteiger partial charge in [-0.25, -0.2) is 13.8 Å². The van der Waals surface area contributed by atoms with Crippen LogP contribution in [0.1, 0.15) is 28.4 Å². The molecule has 0 saturated heterocycles. The maximum absolute atomic E-state index is 13.2. The van der Waals surface area contributed by atoms with Crippen LogP contribution < -0.4 is 11.1 Å². The Morgan fingerprint density at radius 3 is 2.57 bits per heavy atom. The van der Waals surface area contributed by atoms with Crippen molar-refractivity contribution >= 4 is 17.5 Å². The van der Waals surface area contributed by atoms with Gasteiger partial charge < -0.3 is 11.1 Å². The van der Waals surface area contributed by atoms with E-state index in [1.54, 1.807) is 0 Å². The molecule has 1 heterocycles. The van der Waals surface area contributed by atoms with Gasteiger partial charge >= 0.3 is 0 Å². The summed E-state index contributed by atoms with van der Waals surface area (Å²) in [7, 11) is 0. The number of halogens is 2. The van der Waals surface area contributed by atoms with E-state index in [0.29, 0.717) is 17.7 Å². The molecular weight excluding hydrogens is 304 g/mol. The van der Waals surface area contributed by atoms with Crippen LogP contribution in [-0.4, -0.2) is 16.8 Å². The molecule has 0 aliphatic heterocycles. The van der Waals surface area contributed by atoms with E-state index in [4.69, 9.17) is 5.73 Å². The van der Waals surface area contributed by atoms with Crippen molar-refractivity contribution in [3.05, 3.63) is 59.4 Å². The number of amides is 2. The Labute approximate surface area is 130 Å². The molecule has 1 aliphatic carbocycles. The van der Waals surface area contributed by atoms with E-state index >= 15 is 0 Å². The van der Waals surface area contributed by atoms with Crippen LogP contribution in [0, 0.1) is 17.6 Å². The number of pyridine rings is 1. The molecule has 1 saturated carbocycles. The number of rotatable bonds is 4. The van der Waals surface area contributed by atoms with Crippen LogP contribution in [0.2, 0.25) is 0 Å². The molecule has 2 atom stereocenters. The quantitative estimate of drug-likeness (QED) is 0.906. The zero-order valence-corrected chi connectivity index (χ0v) is 11.9. The molecule has 3 rings (SSSR count). The van der Waals surface area contributed by atoms with Gasteiger partial charge in [-0.15, -0.1) is 0 Å². The second-order valence-corrected chi connectivity index (χ2v) is 5.41. The van der Waals surface area contributed by atoms with Crippen molar-refractivity contribution in [1.82, 2.24) is 4.98 Å². The maximum atomic E-state index is 13.2. The third kappa shape index (κ3) is 3.18. The average Bonchev–Trinajstić information content (AvgIpc) is 3.31. The SMILES string of the molecule is NC(=O)c1ccc(NC(=O)[C@@H]2C[C@@H]2c2ccc(F)c(F)c2)cn1. The normalized spacial score (nSPS) is 19.2. The highest BCUT2D eigenvalue weighted by Gasteiger charge is 2.44. The van der Waals surface area contributed by atoms with Crippen molar-refractivity contribution in [2.24, 2.45) is 11.7 Å². The number of hydrogen-bond acceptors (Lipinski definition) is 3. The van der Waals surface area contributed by atoms with Gasteiger partial charge in [0.2, 0.25) is 5.91 Å². The molecule has 1 aromatic carbocycles. The topological polar surface area (TPSA) is 85.1 Å². The predicted molar refractivity (Wildman–Crippen MR) is 78.6 cm³/mol. The average molecular weight is 317 g/mol. The van der Waals surface area contributed by atoms with Crippen molar-refractivity contribution in [2.45, 2.75) is 12.3 Å². The first-order valence-electron chi connectivity index (χ1n) is 6.97. The summed E-state index contributed by atoms with van der Waals surface area (Å²) in [6, 6.07) is 6.61. The van der Waals surface area contributed by atoms with E-state index in [1.165, 1.54) is 24.4 Å². The number of carbonyl (C=O) groups excluding carboxylic acids is 2. The number of carbonyl (C=O) groups is 2. The molecular formula is C16H13F2N3O2. The lowest BCUT2D eigenvalue weighted by Gasteiger charge is -2.05. The van der Waals surface area contributed by atoms with E-state index in [1.807, 2.05) is 0 Å². The minimum atomic E-state index is -0.917. The van der Waals surface area contributed by atoms with Crippen LogP contribution in [0.3, 0.4) is 0 Å². The zero-order chi connectivity index (χ0) is 16.6. The summed E-state index contributed by atoms with van der Waals surface area (Å²) >= 11 is 0. The van der Waals surface area contributed by atoms with Crippen molar-refractivity contribution in [3.8, 4) is 0 Å². The van der Waals surface area contributed by atoms with Gasteiger partial charge in [0.1, 0.15) is 5.69 Å². The highest BCUT2D eigenvalue weighted by molar-refractivity contribution is 5.96. The second kappa shape index (κ2) is 5.75. The van der Waals surface area contributed by atoms with Gasteiger partial charge in [-0.1, -0.05) is 6.07 Å². The first kappa shape index (κ1) is 15.1. The first-order valence-corrected chi connectivity index (χ1v) is 6.97. The number of aromatic nitrogens is 1. The summed E-state index contributed by atoms with van der Waals surface area (Å²) in [4.78, 5) is 26.9. The van der Waals surface area contributed by atoms with Crippen LogP contribution >= 0.6 is 0 Å². The third-order valence-electron chi connectivity index (χ3n) is 3.78. The fraction of sp³-hybridized carbons (Fsp3) is 0.188. The number of benzene rings is 1. The number of hydrogen-bond donors (Lipinski definition) is 2. The fourth-order valence-corrected chi connectivity index (χ4v) is 2.44. The van der Waals surface area contributed by atoms with E-state index in [0.717, 1.165) is 12.1 Å². The van der Waals surface area contributed by atoms with E-state index in [2.05, 4.69) is 10.3 Å². The second-order valence-electron chi connectivity index (χ2n) is 5.41. The van der Waals surface area contributed by atoms with Gasteiger partial charge in [0, 0.05) is 5.92 Å². The number of primary amides is 1. The molecule has 2 aromatic rings. The Balaban J connectivity index is 1.63. The maximum Gasteiger partial charge on any atom is 0.267 e. The third-order valence-corrected chi connectivity index (χ3v) is 3.78. The van der Waals surface area contributed by atoms with E-state index in [-0.39, 0.29) is 23.4 Å².